The van der Waals surface area contributed by atoms with Crippen molar-refractivity contribution in [1.82, 2.24) is 4.90 Å². The average molecular weight is 233 g/mol. The molecule has 0 aromatic heterocycles. The van der Waals surface area contributed by atoms with Gasteiger partial charge in [0.25, 0.3) is 0 Å². The van der Waals surface area contributed by atoms with E-state index in [1.807, 2.05) is 4.90 Å². The topological polar surface area (TPSA) is 63.7 Å². The maximum absolute atomic E-state index is 11.5. The summed E-state index contributed by atoms with van der Waals surface area (Å²) in [5, 5.41) is -0.269. The fraction of sp³-hybridized carbons (Fsp3) is 0.889. The molecule has 3 unspecified atom stereocenters. The van der Waals surface area contributed by atoms with E-state index in [1.54, 1.807) is 6.92 Å². The second kappa shape index (κ2) is 3.45. The average Bonchev–Trinajstić information content (AvgIpc) is 2.70. The molecule has 2 bridgehead atoms. The standard InChI is InChI=1S/C9H15NO4S/c1-6(9(11)14-2)10-4-8-3-7(10)5-15(8,12)13/h6-8H,3-5H2,1-2H3. The summed E-state index contributed by atoms with van der Waals surface area (Å²) in [6.45, 7) is 2.24. The number of ether oxygens (including phenoxy) is 1. The first-order chi connectivity index (χ1) is 6.95. The van der Waals surface area contributed by atoms with Crippen LogP contribution in [-0.2, 0) is 19.4 Å². The zero-order valence-corrected chi connectivity index (χ0v) is 9.66. The van der Waals surface area contributed by atoms with Crippen molar-refractivity contribution in [2.24, 2.45) is 0 Å². The van der Waals surface area contributed by atoms with Gasteiger partial charge in [-0.25, -0.2) is 8.42 Å². The van der Waals surface area contributed by atoms with Gasteiger partial charge in [-0.3, -0.25) is 9.69 Å². The van der Waals surface area contributed by atoms with E-state index in [2.05, 4.69) is 4.74 Å². The number of carbonyl (C=O) groups excluding carboxylic acids is 1. The zero-order valence-electron chi connectivity index (χ0n) is 8.84. The summed E-state index contributed by atoms with van der Waals surface area (Å²) in [6.07, 6.45) is 0.670. The Balaban J connectivity index is 2.09. The quantitative estimate of drug-likeness (QED) is 0.597. The Morgan fingerprint density at radius 1 is 1.53 bits per heavy atom. The molecule has 0 aliphatic carbocycles. The second-order valence-electron chi connectivity index (χ2n) is 4.24. The molecule has 0 spiro atoms. The van der Waals surface area contributed by atoms with E-state index in [-0.39, 0.29) is 29.1 Å². The fourth-order valence-corrected chi connectivity index (χ4v) is 4.56. The molecule has 0 aromatic carbocycles. The fourth-order valence-electron chi connectivity index (χ4n) is 2.51. The van der Waals surface area contributed by atoms with Crippen LogP contribution in [0.25, 0.3) is 0 Å². The molecule has 6 heteroatoms. The minimum Gasteiger partial charge on any atom is -0.468 e. The van der Waals surface area contributed by atoms with Crippen molar-refractivity contribution in [1.29, 1.82) is 0 Å². The molecule has 2 rings (SSSR count). The van der Waals surface area contributed by atoms with Crippen molar-refractivity contribution >= 4 is 15.8 Å². The summed E-state index contributed by atoms with van der Waals surface area (Å²) < 4.78 is 27.6. The van der Waals surface area contributed by atoms with E-state index >= 15 is 0 Å². The molecule has 3 atom stereocenters. The molecule has 86 valence electrons. The lowest BCUT2D eigenvalue weighted by atomic mass is 10.2. The van der Waals surface area contributed by atoms with Gasteiger partial charge in [0, 0.05) is 12.6 Å². The molecule has 0 aromatic rings. The van der Waals surface area contributed by atoms with E-state index in [1.165, 1.54) is 7.11 Å². The van der Waals surface area contributed by atoms with Gasteiger partial charge in [-0.05, 0) is 13.3 Å². The lowest BCUT2D eigenvalue weighted by molar-refractivity contribution is -0.146. The van der Waals surface area contributed by atoms with Gasteiger partial charge in [-0.2, -0.15) is 0 Å². The van der Waals surface area contributed by atoms with Gasteiger partial charge in [0.1, 0.15) is 6.04 Å². The van der Waals surface area contributed by atoms with Crippen LogP contribution in [0.5, 0.6) is 0 Å². The molecule has 2 saturated heterocycles. The van der Waals surface area contributed by atoms with E-state index in [0.717, 1.165) is 0 Å². The highest BCUT2D eigenvalue weighted by molar-refractivity contribution is 7.92. The van der Waals surface area contributed by atoms with Crippen LogP contribution < -0.4 is 0 Å². The molecule has 2 heterocycles. The third-order valence-corrected chi connectivity index (χ3v) is 5.60. The first kappa shape index (κ1) is 10.9. The summed E-state index contributed by atoms with van der Waals surface area (Å²) in [5.74, 6) is -0.0983. The predicted molar refractivity (Wildman–Crippen MR) is 54.2 cm³/mol. The number of esters is 1. The maximum atomic E-state index is 11.5. The molecular weight excluding hydrogens is 218 g/mol. The lowest BCUT2D eigenvalue weighted by Crippen LogP contribution is -2.48. The molecule has 0 saturated carbocycles. The highest BCUT2D eigenvalue weighted by Crippen LogP contribution is 2.34. The summed E-state index contributed by atoms with van der Waals surface area (Å²) >= 11 is 0. The van der Waals surface area contributed by atoms with Gasteiger partial charge in [0.05, 0.1) is 18.1 Å². The van der Waals surface area contributed by atoms with Crippen molar-refractivity contribution in [2.45, 2.75) is 30.7 Å². The molecular formula is C9H15NO4S. The van der Waals surface area contributed by atoms with Crippen LogP contribution in [0.3, 0.4) is 0 Å². The van der Waals surface area contributed by atoms with Crippen LogP contribution in [-0.4, -0.2) is 56.0 Å². The van der Waals surface area contributed by atoms with Crippen LogP contribution in [0.15, 0.2) is 0 Å². The van der Waals surface area contributed by atoms with Crippen LogP contribution in [0, 0.1) is 0 Å². The third-order valence-electron chi connectivity index (χ3n) is 3.39. The number of hydrogen-bond acceptors (Lipinski definition) is 5. The maximum Gasteiger partial charge on any atom is 0.322 e. The van der Waals surface area contributed by atoms with Crippen molar-refractivity contribution < 1.29 is 17.9 Å². The smallest absolute Gasteiger partial charge is 0.322 e. The molecule has 0 amide bonds. The minimum atomic E-state index is -2.88. The van der Waals surface area contributed by atoms with Crippen LogP contribution in [0.1, 0.15) is 13.3 Å². The van der Waals surface area contributed by atoms with Crippen molar-refractivity contribution in [3.63, 3.8) is 0 Å². The summed E-state index contributed by atoms with van der Waals surface area (Å²) in [5.41, 5.74) is 0. The summed E-state index contributed by atoms with van der Waals surface area (Å²) in [7, 11) is -1.53. The Kier molecular flexibility index (Phi) is 2.50. The van der Waals surface area contributed by atoms with Gasteiger partial charge < -0.3 is 4.74 Å². The lowest BCUT2D eigenvalue weighted by Gasteiger charge is -2.30. The van der Waals surface area contributed by atoms with Crippen molar-refractivity contribution in [3.8, 4) is 0 Å². The zero-order chi connectivity index (χ0) is 11.2. The number of likely N-dealkylation sites (tertiary alicyclic amines) is 1. The molecule has 15 heavy (non-hydrogen) atoms. The number of rotatable bonds is 2. The Hall–Kier alpha value is -0.620. The van der Waals surface area contributed by atoms with Crippen LogP contribution >= 0.6 is 0 Å². The third kappa shape index (κ3) is 1.65. The van der Waals surface area contributed by atoms with Gasteiger partial charge >= 0.3 is 5.97 Å². The van der Waals surface area contributed by atoms with E-state index < -0.39 is 9.84 Å². The SMILES string of the molecule is COC(=O)C(C)N1CC2CC1CS2(=O)=O. The molecule has 5 nitrogen and oxygen atoms in total. The monoisotopic (exact) mass is 233 g/mol. The Morgan fingerprint density at radius 2 is 2.20 bits per heavy atom. The highest BCUT2D eigenvalue weighted by Gasteiger charge is 2.50. The molecule has 2 aliphatic rings. The van der Waals surface area contributed by atoms with Gasteiger partial charge in [0.15, 0.2) is 9.84 Å². The number of hydrogen-bond donors (Lipinski definition) is 0. The van der Waals surface area contributed by atoms with Gasteiger partial charge in [-0.1, -0.05) is 0 Å². The van der Waals surface area contributed by atoms with E-state index in [9.17, 15) is 13.2 Å². The second-order valence-corrected chi connectivity index (χ2v) is 6.56. The summed E-state index contributed by atoms with van der Waals surface area (Å²) in [6, 6.07) is -0.324. The first-order valence-corrected chi connectivity index (χ1v) is 6.72. The highest BCUT2D eigenvalue weighted by atomic mass is 32.2. The Bertz CT molecular complexity index is 378. The Labute approximate surface area is 89.3 Å². The summed E-state index contributed by atoms with van der Waals surface area (Å²) in [4.78, 5) is 13.3. The van der Waals surface area contributed by atoms with Gasteiger partial charge in [0.2, 0.25) is 0 Å². The van der Waals surface area contributed by atoms with Gasteiger partial charge in [-0.15, -0.1) is 0 Å². The Morgan fingerprint density at radius 3 is 2.60 bits per heavy atom. The number of sulfone groups is 1. The van der Waals surface area contributed by atoms with Crippen molar-refractivity contribution in [2.75, 3.05) is 19.4 Å². The van der Waals surface area contributed by atoms with E-state index in [4.69, 9.17) is 0 Å². The van der Waals surface area contributed by atoms with Crippen molar-refractivity contribution in [3.05, 3.63) is 0 Å². The van der Waals surface area contributed by atoms with E-state index in [0.29, 0.717) is 13.0 Å². The van der Waals surface area contributed by atoms with Crippen LogP contribution in [0.2, 0.25) is 0 Å². The number of fused-ring (bicyclic) bond motifs is 2. The predicted octanol–water partition coefficient (Wildman–Crippen LogP) is -0.581. The number of carbonyl (C=O) groups is 1. The normalized spacial score (nSPS) is 35.3. The first-order valence-electron chi connectivity index (χ1n) is 5.01. The number of methoxy groups -OCH3 is 1. The molecule has 2 fully saturated rings. The molecule has 0 N–H and O–H groups in total. The van der Waals surface area contributed by atoms with Crippen LogP contribution in [0.4, 0.5) is 0 Å². The minimum absolute atomic E-state index is 0.00843. The number of nitrogens with zero attached hydrogens (tertiary/aromatic N) is 1. The molecule has 0 radical (unpaired) electrons. The molecule has 2 aliphatic heterocycles. The largest absolute Gasteiger partial charge is 0.468 e.